The van der Waals surface area contributed by atoms with Crippen molar-refractivity contribution in [1.82, 2.24) is 4.98 Å². The molecule has 2 atom stereocenters. The van der Waals surface area contributed by atoms with Gasteiger partial charge in [0.15, 0.2) is 0 Å². The molecule has 1 fully saturated rings. The molecule has 1 saturated carbocycles. The Morgan fingerprint density at radius 2 is 2.27 bits per heavy atom. The van der Waals surface area contributed by atoms with Crippen molar-refractivity contribution in [3.8, 4) is 0 Å². The lowest BCUT2D eigenvalue weighted by Gasteiger charge is -2.41. The van der Waals surface area contributed by atoms with Crippen LogP contribution in [0.5, 0.6) is 0 Å². The van der Waals surface area contributed by atoms with E-state index in [4.69, 9.17) is 5.73 Å². The molecule has 0 amide bonds. The second-order valence-electron chi connectivity index (χ2n) is 5.38. The first-order chi connectivity index (χ1) is 7.00. The summed E-state index contributed by atoms with van der Waals surface area (Å²) in [6.07, 6.45) is 3.52. The predicted molar refractivity (Wildman–Crippen MR) is 65.2 cm³/mol. The Kier molecular flexibility index (Phi) is 2.86. The molecule has 1 aromatic rings. The zero-order chi connectivity index (χ0) is 11.1. The third kappa shape index (κ3) is 2.08. The van der Waals surface area contributed by atoms with Crippen LogP contribution in [0.2, 0.25) is 0 Å². The van der Waals surface area contributed by atoms with Crippen LogP contribution in [0.4, 0.5) is 0 Å². The molecule has 0 spiro atoms. The fourth-order valence-corrected chi connectivity index (χ4v) is 3.71. The number of nitrogens with zero attached hydrogens (tertiary/aromatic N) is 1. The van der Waals surface area contributed by atoms with Gasteiger partial charge in [-0.05, 0) is 31.6 Å². The van der Waals surface area contributed by atoms with Gasteiger partial charge < -0.3 is 5.73 Å². The fourth-order valence-electron chi connectivity index (χ4n) is 2.58. The Labute approximate surface area is 95.9 Å². The Morgan fingerprint density at radius 1 is 1.53 bits per heavy atom. The van der Waals surface area contributed by atoms with Crippen LogP contribution in [0.1, 0.15) is 49.6 Å². The van der Waals surface area contributed by atoms with Crippen LogP contribution in [0.25, 0.3) is 0 Å². The molecule has 15 heavy (non-hydrogen) atoms. The Balaban J connectivity index is 2.29. The summed E-state index contributed by atoms with van der Waals surface area (Å²) < 4.78 is 0. The van der Waals surface area contributed by atoms with Gasteiger partial charge in [0.05, 0.1) is 11.2 Å². The predicted octanol–water partition coefficient (Wildman–Crippen LogP) is 3.07. The first kappa shape index (κ1) is 11.1. The number of hydrogen-bond donors (Lipinski definition) is 1. The standard InChI is InChI=1S/C12H20N2S/c1-8-11(15-7-14-8)10-6-9(13)4-5-12(10,2)3/h7,9-10H,4-6,13H2,1-3H3. The maximum atomic E-state index is 6.09. The number of hydrogen-bond acceptors (Lipinski definition) is 3. The normalized spacial score (nSPS) is 30.4. The highest BCUT2D eigenvalue weighted by Crippen LogP contribution is 2.48. The number of aryl methyl sites for hydroxylation is 1. The Bertz CT molecular complexity index is 343. The molecule has 1 aliphatic carbocycles. The van der Waals surface area contributed by atoms with Gasteiger partial charge in [-0.25, -0.2) is 4.98 Å². The maximum Gasteiger partial charge on any atom is 0.0797 e. The summed E-state index contributed by atoms with van der Waals surface area (Å²) in [5.41, 5.74) is 9.63. The first-order valence-electron chi connectivity index (χ1n) is 5.66. The summed E-state index contributed by atoms with van der Waals surface area (Å²) in [4.78, 5) is 5.81. The van der Waals surface area contributed by atoms with Gasteiger partial charge >= 0.3 is 0 Å². The van der Waals surface area contributed by atoms with Crippen LogP contribution in [-0.4, -0.2) is 11.0 Å². The highest BCUT2D eigenvalue weighted by Gasteiger charge is 2.37. The minimum absolute atomic E-state index is 0.379. The first-order valence-corrected chi connectivity index (χ1v) is 6.54. The van der Waals surface area contributed by atoms with Crippen molar-refractivity contribution in [1.29, 1.82) is 0 Å². The Hall–Kier alpha value is -0.410. The van der Waals surface area contributed by atoms with E-state index in [-0.39, 0.29) is 0 Å². The molecule has 2 N–H and O–H groups in total. The quantitative estimate of drug-likeness (QED) is 0.796. The van der Waals surface area contributed by atoms with Gasteiger partial charge in [0.2, 0.25) is 0 Å². The van der Waals surface area contributed by atoms with Gasteiger partial charge in [-0.1, -0.05) is 13.8 Å². The zero-order valence-electron chi connectivity index (χ0n) is 9.79. The minimum Gasteiger partial charge on any atom is -0.328 e. The lowest BCUT2D eigenvalue weighted by Crippen LogP contribution is -2.36. The number of aromatic nitrogens is 1. The highest BCUT2D eigenvalue weighted by atomic mass is 32.1. The van der Waals surface area contributed by atoms with Crippen molar-refractivity contribution in [2.45, 2.75) is 52.0 Å². The second kappa shape index (κ2) is 3.87. The average Bonchev–Trinajstić information content (AvgIpc) is 2.56. The highest BCUT2D eigenvalue weighted by molar-refractivity contribution is 7.09. The Morgan fingerprint density at radius 3 is 2.87 bits per heavy atom. The van der Waals surface area contributed by atoms with Crippen LogP contribution in [-0.2, 0) is 0 Å². The monoisotopic (exact) mass is 224 g/mol. The largest absolute Gasteiger partial charge is 0.328 e. The van der Waals surface area contributed by atoms with Gasteiger partial charge in [0, 0.05) is 16.8 Å². The van der Waals surface area contributed by atoms with Gasteiger partial charge in [0.1, 0.15) is 0 Å². The van der Waals surface area contributed by atoms with E-state index >= 15 is 0 Å². The average molecular weight is 224 g/mol. The van der Waals surface area contributed by atoms with Crippen molar-refractivity contribution < 1.29 is 0 Å². The molecule has 0 saturated heterocycles. The van der Waals surface area contributed by atoms with Crippen LogP contribution in [0.3, 0.4) is 0 Å². The van der Waals surface area contributed by atoms with Gasteiger partial charge in [-0.3, -0.25) is 0 Å². The topological polar surface area (TPSA) is 38.9 Å². The lowest BCUT2D eigenvalue weighted by atomic mass is 9.66. The third-order valence-electron chi connectivity index (χ3n) is 3.74. The molecule has 2 rings (SSSR count). The third-order valence-corrected chi connectivity index (χ3v) is 4.79. The molecule has 1 heterocycles. The van der Waals surface area contributed by atoms with Crippen molar-refractivity contribution in [3.05, 3.63) is 16.1 Å². The smallest absolute Gasteiger partial charge is 0.0797 e. The van der Waals surface area contributed by atoms with Gasteiger partial charge in [-0.15, -0.1) is 11.3 Å². The number of nitrogens with two attached hydrogens (primary N) is 1. The second-order valence-corrected chi connectivity index (χ2v) is 6.26. The summed E-state index contributed by atoms with van der Waals surface area (Å²) in [5.74, 6) is 0.605. The molecule has 0 radical (unpaired) electrons. The molecule has 0 aliphatic heterocycles. The summed E-state index contributed by atoms with van der Waals surface area (Å²) in [6, 6.07) is 0.379. The lowest BCUT2D eigenvalue weighted by molar-refractivity contribution is 0.185. The maximum absolute atomic E-state index is 6.09. The van der Waals surface area contributed by atoms with E-state index in [0.29, 0.717) is 17.4 Å². The summed E-state index contributed by atoms with van der Waals surface area (Å²) in [5, 5.41) is 0. The fraction of sp³-hybridized carbons (Fsp3) is 0.750. The molecule has 2 nitrogen and oxygen atoms in total. The van der Waals surface area contributed by atoms with E-state index in [2.05, 4.69) is 25.8 Å². The number of thiazole rings is 1. The molecule has 3 heteroatoms. The molecule has 2 unspecified atom stereocenters. The molecule has 0 bridgehead atoms. The minimum atomic E-state index is 0.379. The van der Waals surface area contributed by atoms with Crippen LogP contribution in [0, 0.1) is 12.3 Å². The molecular formula is C12H20N2S. The van der Waals surface area contributed by atoms with Gasteiger partial charge in [0.25, 0.3) is 0 Å². The zero-order valence-corrected chi connectivity index (χ0v) is 10.6. The van der Waals surface area contributed by atoms with E-state index in [9.17, 15) is 0 Å². The van der Waals surface area contributed by atoms with Crippen molar-refractivity contribution in [2.24, 2.45) is 11.1 Å². The van der Waals surface area contributed by atoms with E-state index in [1.165, 1.54) is 23.4 Å². The summed E-state index contributed by atoms with van der Waals surface area (Å²) >= 11 is 1.79. The van der Waals surface area contributed by atoms with Crippen LogP contribution < -0.4 is 5.73 Å². The van der Waals surface area contributed by atoms with E-state index in [0.717, 1.165) is 6.42 Å². The molecule has 1 aliphatic rings. The summed E-state index contributed by atoms with van der Waals surface area (Å²) in [6.45, 7) is 6.84. The number of rotatable bonds is 1. The van der Waals surface area contributed by atoms with E-state index in [1.54, 1.807) is 11.3 Å². The van der Waals surface area contributed by atoms with Crippen molar-refractivity contribution in [2.75, 3.05) is 0 Å². The van der Waals surface area contributed by atoms with Crippen molar-refractivity contribution in [3.63, 3.8) is 0 Å². The van der Waals surface area contributed by atoms with Gasteiger partial charge in [-0.2, -0.15) is 0 Å². The molecule has 84 valence electrons. The van der Waals surface area contributed by atoms with E-state index < -0.39 is 0 Å². The van der Waals surface area contributed by atoms with Crippen molar-refractivity contribution >= 4 is 11.3 Å². The molecular weight excluding hydrogens is 204 g/mol. The molecule has 1 aromatic heterocycles. The SMILES string of the molecule is Cc1ncsc1C1CC(N)CCC1(C)C. The van der Waals surface area contributed by atoms with E-state index in [1.807, 2.05) is 5.51 Å². The molecule has 0 aromatic carbocycles. The van der Waals surface area contributed by atoms with Crippen LogP contribution >= 0.6 is 11.3 Å². The summed E-state index contributed by atoms with van der Waals surface area (Å²) in [7, 11) is 0. The van der Waals surface area contributed by atoms with Crippen LogP contribution in [0.15, 0.2) is 5.51 Å².